The molecule has 0 bridgehead atoms. The van der Waals surface area contributed by atoms with Gasteiger partial charge in [0.15, 0.2) is 16.7 Å². The monoisotopic (exact) mass is 357 g/mol. The molecule has 0 aliphatic carbocycles. The lowest BCUT2D eigenvalue weighted by atomic mass is 10.3. The van der Waals surface area contributed by atoms with Crippen molar-refractivity contribution in [3.8, 4) is 17.1 Å². The summed E-state index contributed by atoms with van der Waals surface area (Å²) in [5.41, 5.74) is 0.852. The summed E-state index contributed by atoms with van der Waals surface area (Å²) in [7, 11) is 1.88. The molecule has 0 amide bonds. The van der Waals surface area contributed by atoms with Crippen molar-refractivity contribution in [2.24, 2.45) is 7.05 Å². The maximum atomic E-state index is 11.0. The maximum Gasteiger partial charge on any atom is 0.310 e. The minimum atomic E-state index is -0.453. The predicted molar refractivity (Wildman–Crippen MR) is 93.5 cm³/mol. The average Bonchev–Trinajstić information content (AvgIpc) is 3.00. The van der Waals surface area contributed by atoms with E-state index in [0.717, 1.165) is 16.5 Å². The van der Waals surface area contributed by atoms with Crippen molar-refractivity contribution in [1.29, 1.82) is 0 Å². The smallest absolute Gasteiger partial charge is 0.310 e. The van der Waals surface area contributed by atoms with Gasteiger partial charge in [0.1, 0.15) is 0 Å². The zero-order valence-electron chi connectivity index (χ0n) is 13.4. The first-order chi connectivity index (χ1) is 12.2. The van der Waals surface area contributed by atoms with Gasteiger partial charge in [-0.25, -0.2) is 0 Å². The van der Waals surface area contributed by atoms with E-state index in [9.17, 15) is 10.1 Å². The molecule has 0 radical (unpaired) electrons. The number of pyridine rings is 1. The van der Waals surface area contributed by atoms with Crippen LogP contribution in [-0.2, 0) is 7.05 Å². The van der Waals surface area contributed by atoms with E-state index in [1.807, 2.05) is 23.7 Å². The normalized spacial score (nSPS) is 10.6. The van der Waals surface area contributed by atoms with Crippen LogP contribution in [-0.4, -0.2) is 37.0 Å². The molecule has 0 aliphatic heterocycles. The van der Waals surface area contributed by atoms with Crippen LogP contribution in [0.15, 0.2) is 53.9 Å². The van der Waals surface area contributed by atoms with E-state index in [1.54, 1.807) is 30.6 Å². The molecule has 2 aromatic heterocycles. The van der Waals surface area contributed by atoms with Crippen LogP contribution in [0.3, 0.4) is 0 Å². The molecule has 0 atom stereocenters. The Morgan fingerprint density at radius 1 is 1.24 bits per heavy atom. The minimum Gasteiger partial charge on any atom is -0.486 e. The van der Waals surface area contributed by atoms with Crippen LogP contribution in [0.25, 0.3) is 11.4 Å². The molecular formula is C16H15N5O3S. The Bertz CT molecular complexity index is 869. The summed E-state index contributed by atoms with van der Waals surface area (Å²) in [4.78, 5) is 14.6. The number of nitrogens with zero attached hydrogens (tertiary/aromatic N) is 5. The Kier molecular flexibility index (Phi) is 5.24. The standard InChI is InChI=1S/C16H15N5O3S/c1-20-15(12-5-4-8-17-11-12)18-19-16(20)25-10-9-24-14-7-3-2-6-13(14)21(22)23/h2-8,11H,9-10H2,1H3. The van der Waals surface area contributed by atoms with E-state index in [-0.39, 0.29) is 11.4 Å². The zero-order valence-corrected chi connectivity index (χ0v) is 14.2. The minimum absolute atomic E-state index is 0.0370. The highest BCUT2D eigenvalue weighted by atomic mass is 32.2. The van der Waals surface area contributed by atoms with Crippen LogP contribution >= 0.6 is 11.8 Å². The lowest BCUT2D eigenvalue weighted by Gasteiger charge is -2.06. The summed E-state index contributed by atoms with van der Waals surface area (Å²) in [6, 6.07) is 10.1. The molecule has 0 aliphatic rings. The molecule has 128 valence electrons. The van der Waals surface area contributed by atoms with Crippen LogP contribution in [0.1, 0.15) is 0 Å². The van der Waals surface area contributed by atoms with E-state index in [4.69, 9.17) is 4.74 Å². The number of benzene rings is 1. The van der Waals surface area contributed by atoms with Crippen molar-refractivity contribution in [1.82, 2.24) is 19.7 Å². The van der Waals surface area contributed by atoms with E-state index >= 15 is 0 Å². The average molecular weight is 357 g/mol. The van der Waals surface area contributed by atoms with Crippen molar-refractivity contribution >= 4 is 17.4 Å². The highest BCUT2D eigenvalue weighted by Gasteiger charge is 2.14. The summed E-state index contributed by atoms with van der Waals surface area (Å²) in [5, 5.41) is 20.0. The Hall–Kier alpha value is -2.94. The Morgan fingerprint density at radius 3 is 2.84 bits per heavy atom. The summed E-state index contributed by atoms with van der Waals surface area (Å²) >= 11 is 1.47. The largest absolute Gasteiger partial charge is 0.486 e. The van der Waals surface area contributed by atoms with Gasteiger partial charge in [-0.05, 0) is 18.2 Å². The van der Waals surface area contributed by atoms with Gasteiger partial charge in [-0.1, -0.05) is 23.9 Å². The number of thioether (sulfide) groups is 1. The van der Waals surface area contributed by atoms with Gasteiger partial charge in [0.2, 0.25) is 0 Å². The summed E-state index contributed by atoms with van der Waals surface area (Å²) in [5.74, 6) is 1.59. The van der Waals surface area contributed by atoms with Crippen molar-refractivity contribution < 1.29 is 9.66 Å². The lowest BCUT2D eigenvalue weighted by Crippen LogP contribution is -2.03. The van der Waals surface area contributed by atoms with Gasteiger partial charge in [0.25, 0.3) is 0 Å². The SMILES string of the molecule is Cn1c(SCCOc2ccccc2[N+](=O)[O-])nnc1-c1cccnc1. The second-order valence-electron chi connectivity index (χ2n) is 5.03. The van der Waals surface area contributed by atoms with Gasteiger partial charge in [-0.15, -0.1) is 10.2 Å². The molecule has 0 N–H and O–H groups in total. The Labute approximate surface area is 148 Å². The van der Waals surface area contributed by atoms with Gasteiger partial charge in [0, 0.05) is 36.8 Å². The highest BCUT2D eigenvalue weighted by molar-refractivity contribution is 7.99. The fraction of sp³-hybridized carbons (Fsp3) is 0.188. The van der Waals surface area contributed by atoms with Gasteiger partial charge in [-0.3, -0.25) is 15.1 Å². The first-order valence-electron chi connectivity index (χ1n) is 7.45. The van der Waals surface area contributed by atoms with E-state index in [2.05, 4.69) is 15.2 Å². The van der Waals surface area contributed by atoms with Gasteiger partial charge in [-0.2, -0.15) is 0 Å². The number of aromatic nitrogens is 4. The molecule has 0 unspecified atom stereocenters. The van der Waals surface area contributed by atoms with Gasteiger partial charge in [0.05, 0.1) is 11.5 Å². The number of hydrogen-bond acceptors (Lipinski definition) is 7. The summed E-state index contributed by atoms with van der Waals surface area (Å²) < 4.78 is 7.40. The van der Waals surface area contributed by atoms with E-state index in [1.165, 1.54) is 17.8 Å². The first kappa shape index (κ1) is 16.9. The Morgan fingerprint density at radius 2 is 2.08 bits per heavy atom. The van der Waals surface area contributed by atoms with Crippen molar-refractivity contribution in [2.75, 3.05) is 12.4 Å². The summed E-state index contributed by atoms with van der Waals surface area (Å²) in [6.07, 6.45) is 3.44. The van der Waals surface area contributed by atoms with Crippen LogP contribution in [0, 0.1) is 10.1 Å². The molecule has 0 saturated heterocycles. The van der Waals surface area contributed by atoms with Gasteiger partial charge < -0.3 is 9.30 Å². The fourth-order valence-corrected chi connectivity index (χ4v) is 2.93. The van der Waals surface area contributed by atoms with Crippen LogP contribution in [0.5, 0.6) is 5.75 Å². The van der Waals surface area contributed by atoms with Crippen LogP contribution < -0.4 is 4.74 Å². The molecule has 0 fully saturated rings. The molecule has 25 heavy (non-hydrogen) atoms. The number of nitro groups is 1. The van der Waals surface area contributed by atoms with Crippen LogP contribution in [0.4, 0.5) is 5.69 Å². The molecule has 8 nitrogen and oxygen atoms in total. The second-order valence-corrected chi connectivity index (χ2v) is 6.09. The molecule has 1 aromatic carbocycles. The topological polar surface area (TPSA) is 96.0 Å². The maximum absolute atomic E-state index is 11.0. The third kappa shape index (κ3) is 3.94. The number of hydrogen-bond donors (Lipinski definition) is 0. The molecule has 0 spiro atoms. The van der Waals surface area contributed by atoms with E-state index < -0.39 is 4.92 Å². The molecular weight excluding hydrogens is 342 g/mol. The first-order valence-corrected chi connectivity index (χ1v) is 8.44. The van der Waals surface area contributed by atoms with Crippen LogP contribution in [0.2, 0.25) is 0 Å². The number of para-hydroxylation sites is 2. The molecule has 9 heteroatoms. The zero-order chi connectivity index (χ0) is 17.6. The summed E-state index contributed by atoms with van der Waals surface area (Å²) in [6.45, 7) is 0.324. The third-order valence-electron chi connectivity index (χ3n) is 3.39. The third-order valence-corrected chi connectivity index (χ3v) is 4.37. The quantitative estimate of drug-likeness (QED) is 0.277. The van der Waals surface area contributed by atoms with Crippen molar-refractivity contribution in [2.45, 2.75) is 5.16 Å². The highest BCUT2D eigenvalue weighted by Crippen LogP contribution is 2.26. The fourth-order valence-electron chi connectivity index (χ4n) is 2.20. The second kappa shape index (κ2) is 7.75. The predicted octanol–water partition coefficient (Wildman–Crippen LogP) is 2.96. The number of ether oxygens (including phenoxy) is 1. The molecule has 0 saturated carbocycles. The van der Waals surface area contributed by atoms with Crippen molar-refractivity contribution in [3.05, 3.63) is 58.9 Å². The van der Waals surface area contributed by atoms with Crippen molar-refractivity contribution in [3.63, 3.8) is 0 Å². The lowest BCUT2D eigenvalue weighted by molar-refractivity contribution is -0.385. The molecule has 3 aromatic rings. The molecule has 2 heterocycles. The number of nitro benzene ring substituents is 1. The number of rotatable bonds is 7. The van der Waals surface area contributed by atoms with E-state index in [0.29, 0.717) is 12.4 Å². The van der Waals surface area contributed by atoms with Gasteiger partial charge >= 0.3 is 5.69 Å². The Balaban J connectivity index is 1.59. The molecule has 3 rings (SSSR count).